The lowest BCUT2D eigenvalue weighted by atomic mass is 9.98. The second-order valence-electron chi connectivity index (χ2n) is 6.45. The van der Waals surface area contributed by atoms with E-state index in [9.17, 15) is 9.59 Å². The summed E-state index contributed by atoms with van der Waals surface area (Å²) in [6.45, 7) is 0.347. The van der Waals surface area contributed by atoms with E-state index in [1.54, 1.807) is 0 Å². The zero-order valence-corrected chi connectivity index (χ0v) is 15.7. The van der Waals surface area contributed by atoms with Gasteiger partial charge < -0.3 is 10.1 Å². The summed E-state index contributed by atoms with van der Waals surface area (Å²) in [5, 5.41) is 3.87. The zero-order chi connectivity index (χ0) is 18.8. The molecule has 7 heteroatoms. The Bertz CT molecular complexity index is 827. The average Bonchev–Trinajstić information content (AvgIpc) is 3.19. The van der Waals surface area contributed by atoms with Crippen molar-refractivity contribution in [2.24, 2.45) is 0 Å². The Labute approximate surface area is 161 Å². The van der Waals surface area contributed by atoms with E-state index in [4.69, 9.17) is 9.57 Å². The number of fused-ring (bicyclic) bond motifs is 3. The third kappa shape index (κ3) is 3.40. The SMILES string of the molecule is CSCN1OCC(NC(=O)OCC2c3ccccc3-c3ccccc32)C1=O. The van der Waals surface area contributed by atoms with E-state index in [1.165, 1.54) is 28.0 Å². The highest BCUT2D eigenvalue weighted by atomic mass is 32.2. The van der Waals surface area contributed by atoms with Gasteiger partial charge in [-0.2, -0.15) is 0 Å². The van der Waals surface area contributed by atoms with E-state index in [0.717, 1.165) is 11.1 Å². The molecule has 1 aliphatic heterocycles. The minimum Gasteiger partial charge on any atom is -0.449 e. The van der Waals surface area contributed by atoms with Gasteiger partial charge in [0.05, 0.1) is 5.88 Å². The van der Waals surface area contributed by atoms with Crippen LogP contribution in [0.3, 0.4) is 0 Å². The number of nitrogens with zero attached hydrogens (tertiary/aromatic N) is 1. The quantitative estimate of drug-likeness (QED) is 0.858. The van der Waals surface area contributed by atoms with Gasteiger partial charge in [0.2, 0.25) is 0 Å². The van der Waals surface area contributed by atoms with Crippen molar-refractivity contribution >= 4 is 23.8 Å². The summed E-state index contributed by atoms with van der Waals surface area (Å²) in [6, 6.07) is 15.6. The van der Waals surface area contributed by atoms with Crippen LogP contribution in [0.1, 0.15) is 17.0 Å². The maximum absolute atomic E-state index is 12.2. The number of benzene rings is 2. The van der Waals surface area contributed by atoms with Gasteiger partial charge in [-0.15, -0.1) is 11.8 Å². The maximum atomic E-state index is 12.2. The number of hydrogen-bond acceptors (Lipinski definition) is 5. The predicted octanol–water partition coefficient (Wildman–Crippen LogP) is 2.99. The normalized spacial score (nSPS) is 18.3. The van der Waals surface area contributed by atoms with Gasteiger partial charge in [-0.3, -0.25) is 9.63 Å². The molecule has 1 aliphatic carbocycles. The van der Waals surface area contributed by atoms with Crippen LogP contribution in [0, 0.1) is 0 Å². The van der Waals surface area contributed by atoms with Crippen LogP contribution in [-0.4, -0.2) is 48.5 Å². The molecule has 2 aliphatic rings. The van der Waals surface area contributed by atoms with E-state index in [2.05, 4.69) is 29.6 Å². The fourth-order valence-electron chi connectivity index (χ4n) is 3.58. The number of carbonyl (C=O) groups is 2. The van der Waals surface area contributed by atoms with Crippen molar-refractivity contribution < 1.29 is 19.2 Å². The summed E-state index contributed by atoms with van der Waals surface area (Å²) >= 11 is 1.47. The lowest BCUT2D eigenvalue weighted by molar-refractivity contribution is -0.156. The Morgan fingerprint density at radius 2 is 1.81 bits per heavy atom. The highest BCUT2D eigenvalue weighted by Crippen LogP contribution is 2.44. The number of nitrogens with one attached hydrogen (secondary N) is 1. The van der Waals surface area contributed by atoms with Crippen LogP contribution in [-0.2, 0) is 14.4 Å². The van der Waals surface area contributed by atoms with E-state index < -0.39 is 12.1 Å². The van der Waals surface area contributed by atoms with Crippen molar-refractivity contribution in [2.75, 3.05) is 25.3 Å². The number of alkyl carbamates (subject to hydrolysis) is 1. The van der Waals surface area contributed by atoms with Crippen LogP contribution in [0.15, 0.2) is 48.5 Å². The summed E-state index contributed by atoms with van der Waals surface area (Å²) in [5.41, 5.74) is 4.65. The molecule has 0 aromatic heterocycles. The van der Waals surface area contributed by atoms with Crippen LogP contribution in [0.2, 0.25) is 0 Å². The first-order valence-corrected chi connectivity index (χ1v) is 10.1. The van der Waals surface area contributed by atoms with Gasteiger partial charge >= 0.3 is 6.09 Å². The summed E-state index contributed by atoms with van der Waals surface area (Å²) in [6.07, 6.45) is 1.27. The molecule has 1 N–H and O–H groups in total. The molecule has 6 nitrogen and oxygen atoms in total. The fourth-order valence-corrected chi connectivity index (χ4v) is 4.01. The molecule has 1 fully saturated rings. The van der Waals surface area contributed by atoms with Crippen LogP contribution in [0.4, 0.5) is 4.79 Å². The molecule has 2 amide bonds. The average molecular weight is 384 g/mol. The van der Waals surface area contributed by atoms with Gasteiger partial charge in [-0.25, -0.2) is 9.86 Å². The van der Waals surface area contributed by atoms with E-state index in [-0.39, 0.29) is 25.0 Å². The van der Waals surface area contributed by atoms with E-state index >= 15 is 0 Å². The van der Waals surface area contributed by atoms with Crippen molar-refractivity contribution in [2.45, 2.75) is 12.0 Å². The summed E-state index contributed by atoms with van der Waals surface area (Å²) in [4.78, 5) is 29.6. The Morgan fingerprint density at radius 3 is 2.44 bits per heavy atom. The molecule has 1 saturated heterocycles. The summed E-state index contributed by atoms with van der Waals surface area (Å²) in [7, 11) is 0. The first kappa shape index (κ1) is 17.9. The summed E-state index contributed by atoms with van der Waals surface area (Å²) in [5.74, 6) is 0.173. The number of hydroxylamine groups is 2. The molecule has 0 radical (unpaired) electrons. The lowest BCUT2D eigenvalue weighted by Crippen LogP contribution is -2.43. The van der Waals surface area contributed by atoms with Crippen molar-refractivity contribution in [3.8, 4) is 11.1 Å². The topological polar surface area (TPSA) is 67.9 Å². The van der Waals surface area contributed by atoms with Gasteiger partial charge in [0.15, 0.2) is 0 Å². The van der Waals surface area contributed by atoms with Gasteiger partial charge in [0, 0.05) is 5.92 Å². The third-order valence-electron chi connectivity index (χ3n) is 4.82. The number of amides is 2. The Balaban J connectivity index is 1.41. The minimum atomic E-state index is -0.701. The van der Waals surface area contributed by atoms with Crippen LogP contribution in [0.25, 0.3) is 11.1 Å². The third-order valence-corrected chi connectivity index (χ3v) is 5.32. The molecule has 0 saturated carbocycles. The molecule has 1 unspecified atom stereocenters. The number of hydrogen-bond donors (Lipinski definition) is 1. The number of thioether (sulfide) groups is 1. The number of carbonyl (C=O) groups excluding carboxylic acids is 2. The minimum absolute atomic E-state index is 0.00771. The van der Waals surface area contributed by atoms with Gasteiger partial charge in [-0.1, -0.05) is 48.5 Å². The molecule has 4 rings (SSSR count). The second-order valence-corrected chi connectivity index (χ2v) is 7.29. The van der Waals surface area contributed by atoms with Gasteiger partial charge in [-0.05, 0) is 28.5 Å². The molecule has 1 atom stereocenters. The molecule has 2 aromatic carbocycles. The molecule has 27 heavy (non-hydrogen) atoms. The Morgan fingerprint density at radius 1 is 1.19 bits per heavy atom. The van der Waals surface area contributed by atoms with Crippen LogP contribution >= 0.6 is 11.8 Å². The standard InChI is InChI=1S/C20H20N2O4S/c1-27-12-22-19(23)18(11-26-22)21-20(24)25-10-17-15-8-4-2-6-13(15)14-7-3-5-9-16(14)17/h2-9,17-18H,10-12H2,1H3,(H,21,24). The predicted molar refractivity (Wildman–Crippen MR) is 103 cm³/mol. The molecular weight excluding hydrogens is 364 g/mol. The highest BCUT2D eigenvalue weighted by Gasteiger charge is 2.35. The molecule has 140 valence electrons. The highest BCUT2D eigenvalue weighted by molar-refractivity contribution is 7.98. The number of rotatable bonds is 5. The van der Waals surface area contributed by atoms with Crippen LogP contribution < -0.4 is 5.32 Å². The molecular formula is C20H20N2O4S. The monoisotopic (exact) mass is 384 g/mol. The molecule has 1 heterocycles. The first-order chi connectivity index (χ1) is 13.2. The number of ether oxygens (including phenoxy) is 1. The van der Waals surface area contributed by atoms with E-state index in [0.29, 0.717) is 5.88 Å². The fraction of sp³-hybridized carbons (Fsp3) is 0.300. The molecule has 0 spiro atoms. The van der Waals surface area contributed by atoms with Gasteiger partial charge in [0.1, 0.15) is 19.3 Å². The van der Waals surface area contributed by atoms with Gasteiger partial charge in [0.25, 0.3) is 5.91 Å². The van der Waals surface area contributed by atoms with Crippen LogP contribution in [0.5, 0.6) is 0 Å². The van der Waals surface area contributed by atoms with E-state index in [1.807, 2.05) is 30.5 Å². The largest absolute Gasteiger partial charge is 0.449 e. The zero-order valence-electron chi connectivity index (χ0n) is 14.9. The first-order valence-electron chi connectivity index (χ1n) is 8.73. The maximum Gasteiger partial charge on any atom is 0.407 e. The summed E-state index contributed by atoms with van der Waals surface area (Å²) < 4.78 is 5.46. The Hall–Kier alpha value is -2.51. The molecule has 2 aromatic rings. The van der Waals surface area contributed by atoms with Crippen molar-refractivity contribution in [3.05, 3.63) is 59.7 Å². The van der Waals surface area contributed by atoms with Crippen molar-refractivity contribution in [1.29, 1.82) is 0 Å². The molecule has 0 bridgehead atoms. The Kier molecular flexibility index (Phi) is 5.05. The second kappa shape index (κ2) is 7.62. The smallest absolute Gasteiger partial charge is 0.407 e. The lowest BCUT2D eigenvalue weighted by Gasteiger charge is -2.16. The van der Waals surface area contributed by atoms with Crippen molar-refractivity contribution in [1.82, 2.24) is 10.4 Å². The van der Waals surface area contributed by atoms with Crippen molar-refractivity contribution in [3.63, 3.8) is 0 Å².